The van der Waals surface area contributed by atoms with E-state index in [9.17, 15) is 0 Å². The highest BCUT2D eigenvalue weighted by atomic mass is 35.5. The standard InChI is InChI=1S/C11H16ClN/c1-3-8(2)11(13)9-5-4-6-10(12)7-9/h4-8,11H,3,13H2,1-2H3/t8?,11-/m1/s1. The Morgan fingerprint density at radius 1 is 1.46 bits per heavy atom. The van der Waals surface area contributed by atoms with Gasteiger partial charge >= 0.3 is 0 Å². The number of hydrogen-bond donors (Lipinski definition) is 1. The average Bonchev–Trinajstić information content (AvgIpc) is 2.15. The van der Waals surface area contributed by atoms with Gasteiger partial charge in [-0.25, -0.2) is 0 Å². The molecule has 13 heavy (non-hydrogen) atoms. The first kappa shape index (κ1) is 10.6. The number of rotatable bonds is 3. The Morgan fingerprint density at radius 2 is 2.15 bits per heavy atom. The fraction of sp³-hybridized carbons (Fsp3) is 0.455. The molecule has 0 amide bonds. The highest BCUT2D eigenvalue weighted by Crippen LogP contribution is 2.23. The van der Waals surface area contributed by atoms with Crippen LogP contribution in [0.2, 0.25) is 5.02 Å². The van der Waals surface area contributed by atoms with E-state index in [2.05, 4.69) is 13.8 Å². The van der Waals surface area contributed by atoms with E-state index in [0.29, 0.717) is 5.92 Å². The summed E-state index contributed by atoms with van der Waals surface area (Å²) < 4.78 is 0. The normalized spacial score (nSPS) is 15.4. The number of hydrogen-bond acceptors (Lipinski definition) is 1. The minimum Gasteiger partial charge on any atom is -0.324 e. The summed E-state index contributed by atoms with van der Waals surface area (Å²) >= 11 is 5.88. The lowest BCUT2D eigenvalue weighted by Crippen LogP contribution is -2.18. The van der Waals surface area contributed by atoms with Gasteiger partial charge in [-0.1, -0.05) is 44.0 Å². The van der Waals surface area contributed by atoms with Crippen LogP contribution in [0.1, 0.15) is 31.9 Å². The maximum atomic E-state index is 6.06. The van der Waals surface area contributed by atoms with Crippen LogP contribution in [0.4, 0.5) is 0 Å². The first-order chi connectivity index (χ1) is 6.15. The second-order valence-electron chi connectivity index (χ2n) is 3.47. The molecule has 0 spiro atoms. The van der Waals surface area contributed by atoms with E-state index in [1.807, 2.05) is 24.3 Å². The van der Waals surface area contributed by atoms with Gasteiger partial charge in [0.1, 0.15) is 0 Å². The van der Waals surface area contributed by atoms with Crippen LogP contribution >= 0.6 is 11.6 Å². The molecule has 0 radical (unpaired) electrons. The molecule has 0 bridgehead atoms. The molecular weight excluding hydrogens is 182 g/mol. The zero-order valence-corrected chi connectivity index (χ0v) is 8.88. The van der Waals surface area contributed by atoms with Crippen LogP contribution in [-0.4, -0.2) is 0 Å². The molecule has 0 saturated heterocycles. The summed E-state index contributed by atoms with van der Waals surface area (Å²) in [5.74, 6) is 0.499. The van der Waals surface area contributed by atoms with E-state index in [1.54, 1.807) is 0 Å². The molecule has 0 saturated carbocycles. The van der Waals surface area contributed by atoms with Crippen molar-refractivity contribution in [1.29, 1.82) is 0 Å². The van der Waals surface area contributed by atoms with Crippen molar-refractivity contribution >= 4 is 11.6 Å². The molecule has 0 aromatic heterocycles. The molecule has 1 unspecified atom stereocenters. The molecule has 2 atom stereocenters. The Morgan fingerprint density at radius 3 is 2.69 bits per heavy atom. The molecule has 2 N–H and O–H groups in total. The second kappa shape index (κ2) is 4.64. The maximum Gasteiger partial charge on any atom is 0.0409 e. The molecule has 2 heteroatoms. The van der Waals surface area contributed by atoms with Crippen LogP contribution in [0.5, 0.6) is 0 Å². The zero-order valence-electron chi connectivity index (χ0n) is 8.13. The van der Waals surface area contributed by atoms with Crippen LogP contribution in [0.3, 0.4) is 0 Å². The lowest BCUT2D eigenvalue weighted by atomic mass is 9.93. The maximum absolute atomic E-state index is 6.06. The van der Waals surface area contributed by atoms with E-state index in [-0.39, 0.29) is 6.04 Å². The fourth-order valence-electron chi connectivity index (χ4n) is 1.30. The summed E-state index contributed by atoms with van der Waals surface area (Å²) in [4.78, 5) is 0. The Kier molecular flexibility index (Phi) is 3.76. The topological polar surface area (TPSA) is 26.0 Å². The van der Waals surface area contributed by atoms with Crippen molar-refractivity contribution in [3.05, 3.63) is 34.9 Å². The van der Waals surface area contributed by atoms with Crippen LogP contribution in [0, 0.1) is 5.92 Å². The molecule has 1 aromatic rings. The molecular formula is C11H16ClN. The predicted molar refractivity (Wildman–Crippen MR) is 57.8 cm³/mol. The number of benzene rings is 1. The zero-order chi connectivity index (χ0) is 9.84. The van der Waals surface area contributed by atoms with Gasteiger partial charge in [-0.15, -0.1) is 0 Å². The van der Waals surface area contributed by atoms with Crippen molar-refractivity contribution in [3.63, 3.8) is 0 Å². The molecule has 1 aromatic carbocycles. The molecule has 0 aliphatic heterocycles. The molecule has 1 nitrogen and oxygen atoms in total. The van der Waals surface area contributed by atoms with Crippen molar-refractivity contribution in [2.75, 3.05) is 0 Å². The first-order valence-corrected chi connectivity index (χ1v) is 5.04. The summed E-state index contributed by atoms with van der Waals surface area (Å²) in [6.45, 7) is 4.31. The van der Waals surface area contributed by atoms with Crippen LogP contribution in [0.25, 0.3) is 0 Å². The summed E-state index contributed by atoms with van der Waals surface area (Å²) in [6.07, 6.45) is 1.09. The summed E-state index contributed by atoms with van der Waals surface area (Å²) in [5.41, 5.74) is 7.19. The highest BCUT2D eigenvalue weighted by molar-refractivity contribution is 6.30. The van der Waals surface area contributed by atoms with Gasteiger partial charge in [0.2, 0.25) is 0 Å². The second-order valence-corrected chi connectivity index (χ2v) is 3.90. The van der Waals surface area contributed by atoms with Crippen molar-refractivity contribution in [3.8, 4) is 0 Å². The minimum absolute atomic E-state index is 0.101. The number of halogens is 1. The van der Waals surface area contributed by atoms with Gasteiger partial charge in [0, 0.05) is 11.1 Å². The number of nitrogens with two attached hydrogens (primary N) is 1. The van der Waals surface area contributed by atoms with Gasteiger partial charge < -0.3 is 5.73 Å². The largest absolute Gasteiger partial charge is 0.324 e. The van der Waals surface area contributed by atoms with E-state index in [4.69, 9.17) is 17.3 Å². The van der Waals surface area contributed by atoms with Gasteiger partial charge in [-0.3, -0.25) is 0 Å². The highest BCUT2D eigenvalue weighted by Gasteiger charge is 2.12. The van der Waals surface area contributed by atoms with Gasteiger partial charge in [0.05, 0.1) is 0 Å². The van der Waals surface area contributed by atoms with Gasteiger partial charge in [0.25, 0.3) is 0 Å². The van der Waals surface area contributed by atoms with Crippen LogP contribution < -0.4 is 5.73 Å². The molecule has 1 rings (SSSR count). The molecule has 0 aliphatic rings. The predicted octanol–water partition coefficient (Wildman–Crippen LogP) is 3.39. The fourth-order valence-corrected chi connectivity index (χ4v) is 1.50. The Labute approximate surface area is 84.9 Å². The Hall–Kier alpha value is -0.530. The Balaban J connectivity index is 2.82. The van der Waals surface area contributed by atoms with Crippen molar-refractivity contribution < 1.29 is 0 Å². The van der Waals surface area contributed by atoms with E-state index < -0.39 is 0 Å². The lowest BCUT2D eigenvalue weighted by Gasteiger charge is -2.18. The van der Waals surface area contributed by atoms with Crippen LogP contribution in [-0.2, 0) is 0 Å². The third-order valence-electron chi connectivity index (χ3n) is 2.49. The van der Waals surface area contributed by atoms with E-state index in [1.165, 1.54) is 0 Å². The van der Waals surface area contributed by atoms with Gasteiger partial charge in [-0.05, 0) is 23.6 Å². The van der Waals surface area contributed by atoms with Crippen molar-refractivity contribution in [1.82, 2.24) is 0 Å². The molecule has 72 valence electrons. The van der Waals surface area contributed by atoms with Gasteiger partial charge in [0.15, 0.2) is 0 Å². The smallest absolute Gasteiger partial charge is 0.0409 e. The monoisotopic (exact) mass is 197 g/mol. The third-order valence-corrected chi connectivity index (χ3v) is 2.73. The van der Waals surface area contributed by atoms with Gasteiger partial charge in [-0.2, -0.15) is 0 Å². The van der Waals surface area contributed by atoms with Crippen molar-refractivity contribution in [2.24, 2.45) is 11.7 Å². The first-order valence-electron chi connectivity index (χ1n) is 4.66. The molecule has 0 heterocycles. The van der Waals surface area contributed by atoms with E-state index in [0.717, 1.165) is 17.0 Å². The summed E-state index contributed by atoms with van der Waals surface area (Å²) in [7, 11) is 0. The minimum atomic E-state index is 0.101. The van der Waals surface area contributed by atoms with E-state index >= 15 is 0 Å². The lowest BCUT2D eigenvalue weighted by molar-refractivity contribution is 0.457. The summed E-state index contributed by atoms with van der Waals surface area (Å²) in [5, 5.41) is 0.760. The quantitative estimate of drug-likeness (QED) is 0.790. The third kappa shape index (κ3) is 2.71. The Bertz CT molecular complexity index is 273. The van der Waals surface area contributed by atoms with Crippen molar-refractivity contribution in [2.45, 2.75) is 26.3 Å². The molecule has 0 fully saturated rings. The van der Waals surface area contributed by atoms with Crippen LogP contribution in [0.15, 0.2) is 24.3 Å². The summed E-state index contributed by atoms with van der Waals surface area (Å²) in [6, 6.07) is 7.89. The average molecular weight is 198 g/mol. The molecule has 0 aliphatic carbocycles. The SMILES string of the molecule is CCC(C)[C@@H](N)c1cccc(Cl)c1.